The monoisotopic (exact) mass is 326 g/mol. The third-order valence-corrected chi connectivity index (χ3v) is 4.54. The summed E-state index contributed by atoms with van der Waals surface area (Å²) < 4.78 is 4.68. The molecule has 2 heterocycles. The smallest absolute Gasteiger partial charge is 0.316 e. The van der Waals surface area contributed by atoms with Crippen molar-refractivity contribution in [3.8, 4) is 0 Å². The average Bonchev–Trinajstić information content (AvgIpc) is 2.87. The highest BCUT2D eigenvalue weighted by Crippen LogP contribution is 2.37. The van der Waals surface area contributed by atoms with Gasteiger partial charge in [-0.2, -0.15) is 0 Å². The third kappa shape index (κ3) is 2.78. The van der Waals surface area contributed by atoms with Gasteiger partial charge in [-0.3, -0.25) is 9.59 Å². The molecule has 0 bridgehead atoms. The zero-order valence-electron chi connectivity index (χ0n) is 12.0. The van der Waals surface area contributed by atoms with Crippen LogP contribution in [0, 0.1) is 5.92 Å². The number of thiophene rings is 1. The molecule has 21 heavy (non-hydrogen) atoms. The molecule has 112 valence electrons. The highest BCUT2D eigenvalue weighted by molar-refractivity contribution is 7.19. The first-order valence-corrected chi connectivity index (χ1v) is 7.88. The van der Waals surface area contributed by atoms with E-state index in [1.165, 1.54) is 18.4 Å². The lowest BCUT2D eigenvalue weighted by atomic mass is 9.86. The number of rotatable bonds is 1. The Kier molecular flexibility index (Phi) is 4.90. The number of Topliss-reactive ketones (excluding diaryl/α,β-unsaturated/α-hetero) is 1. The van der Waals surface area contributed by atoms with E-state index in [0.717, 1.165) is 4.88 Å². The Balaban J connectivity index is 0.000000774. The average molecular weight is 327 g/mol. The molecule has 0 amide bonds. The van der Waals surface area contributed by atoms with Gasteiger partial charge in [-0.1, -0.05) is 25.4 Å². The Morgan fingerprint density at radius 1 is 1.43 bits per heavy atom. The maximum Gasteiger partial charge on any atom is 0.316 e. The van der Waals surface area contributed by atoms with E-state index in [1.807, 2.05) is 13.8 Å². The number of aromatic nitrogens is 2. The summed E-state index contributed by atoms with van der Waals surface area (Å²) in [5, 5.41) is 8.66. The number of ketones is 1. The molecule has 0 spiro atoms. The zero-order valence-corrected chi connectivity index (χ0v) is 13.5. The van der Waals surface area contributed by atoms with E-state index in [9.17, 15) is 9.59 Å². The fraction of sp³-hybridized carbons (Fsp3) is 0.429. The third-order valence-electron chi connectivity index (χ3n) is 3.21. The lowest BCUT2D eigenvalue weighted by Gasteiger charge is -2.18. The Morgan fingerprint density at radius 3 is 2.81 bits per heavy atom. The summed E-state index contributed by atoms with van der Waals surface area (Å²) in [5.41, 5.74) is 0.554. The van der Waals surface area contributed by atoms with E-state index >= 15 is 0 Å². The second-order valence-corrected chi connectivity index (χ2v) is 5.74. The first kappa shape index (κ1) is 15.9. The quantitative estimate of drug-likeness (QED) is 0.594. The highest BCUT2D eigenvalue weighted by atomic mass is 35.5. The van der Waals surface area contributed by atoms with Crippen LogP contribution < -0.4 is 0 Å². The van der Waals surface area contributed by atoms with Crippen molar-refractivity contribution in [3.05, 3.63) is 21.7 Å². The molecule has 1 aliphatic rings. The van der Waals surface area contributed by atoms with Crippen LogP contribution in [0.5, 0.6) is 0 Å². The van der Waals surface area contributed by atoms with Gasteiger partial charge in [-0.15, -0.1) is 21.5 Å². The van der Waals surface area contributed by atoms with Crippen LogP contribution in [0.1, 0.15) is 35.5 Å². The summed E-state index contributed by atoms with van der Waals surface area (Å²) in [4.78, 5) is 25.7. The highest BCUT2D eigenvalue weighted by Gasteiger charge is 2.36. The van der Waals surface area contributed by atoms with Crippen LogP contribution in [0.4, 0.5) is 0 Å². The van der Waals surface area contributed by atoms with Gasteiger partial charge < -0.3 is 4.74 Å². The minimum Gasteiger partial charge on any atom is -0.468 e. The van der Waals surface area contributed by atoms with Crippen molar-refractivity contribution in [2.45, 2.75) is 26.7 Å². The molecule has 0 aromatic carbocycles. The maximum absolute atomic E-state index is 12.4. The topological polar surface area (TPSA) is 69.2 Å². The number of hydrogen-bond donors (Lipinski definition) is 0. The van der Waals surface area contributed by atoms with E-state index in [0.29, 0.717) is 28.6 Å². The molecule has 0 saturated carbocycles. The lowest BCUT2D eigenvalue weighted by Crippen LogP contribution is -2.29. The Bertz CT molecular complexity index is 699. The number of fused-ring (bicyclic) bond motifs is 3. The predicted molar refractivity (Wildman–Crippen MR) is 81.9 cm³/mol. The molecule has 5 nitrogen and oxygen atoms in total. The van der Waals surface area contributed by atoms with Crippen molar-refractivity contribution >= 4 is 44.9 Å². The van der Waals surface area contributed by atoms with Crippen LogP contribution in [0.25, 0.3) is 10.2 Å². The van der Waals surface area contributed by atoms with E-state index in [-0.39, 0.29) is 10.9 Å². The molecule has 3 rings (SSSR count). The van der Waals surface area contributed by atoms with Crippen molar-refractivity contribution in [1.82, 2.24) is 10.2 Å². The molecular weight excluding hydrogens is 312 g/mol. The van der Waals surface area contributed by atoms with Crippen LogP contribution in [0.15, 0.2) is 6.07 Å². The lowest BCUT2D eigenvalue weighted by molar-refractivity contribution is -0.143. The van der Waals surface area contributed by atoms with Crippen molar-refractivity contribution < 1.29 is 14.3 Å². The molecule has 1 unspecified atom stereocenters. The second-order valence-electron chi connectivity index (χ2n) is 4.26. The summed E-state index contributed by atoms with van der Waals surface area (Å²) >= 11 is 7.25. The number of carbonyl (C=O) groups excluding carboxylic acids is 2. The first-order valence-electron chi connectivity index (χ1n) is 6.68. The van der Waals surface area contributed by atoms with Gasteiger partial charge in [0.05, 0.1) is 7.11 Å². The van der Waals surface area contributed by atoms with Gasteiger partial charge in [0, 0.05) is 15.8 Å². The van der Waals surface area contributed by atoms with Crippen molar-refractivity contribution in [2.24, 2.45) is 5.92 Å². The van der Waals surface area contributed by atoms with Crippen LogP contribution in [-0.2, 0) is 16.0 Å². The summed E-state index contributed by atoms with van der Waals surface area (Å²) in [6.45, 7) is 4.00. The number of aryl methyl sites for hydroxylation is 1. The molecule has 2 aromatic heterocycles. The maximum atomic E-state index is 12.4. The van der Waals surface area contributed by atoms with Crippen molar-refractivity contribution in [3.63, 3.8) is 0 Å². The molecule has 2 aromatic rings. The fourth-order valence-corrected chi connectivity index (χ4v) is 3.59. The molecule has 7 heteroatoms. The van der Waals surface area contributed by atoms with Gasteiger partial charge in [0.2, 0.25) is 0 Å². The summed E-state index contributed by atoms with van der Waals surface area (Å²) in [7, 11) is 1.29. The largest absolute Gasteiger partial charge is 0.468 e. The molecule has 0 radical (unpaired) electrons. The standard InChI is InChI=1S/C12H9ClN2O3S.C2H6/c1-18-12(17)5-2-3-7-9(10(5)16)6-4-8(13)14-15-11(6)19-7;1-2/h4-5H,2-3H2,1H3;1-2H3. The molecule has 1 aliphatic carbocycles. The van der Waals surface area contributed by atoms with Crippen LogP contribution in [0.3, 0.4) is 0 Å². The van der Waals surface area contributed by atoms with Gasteiger partial charge in [-0.05, 0) is 18.9 Å². The number of hydrogen-bond acceptors (Lipinski definition) is 6. The molecule has 1 atom stereocenters. The molecular formula is C14H15ClN2O3S. The molecule has 0 aliphatic heterocycles. The Morgan fingerprint density at radius 2 is 2.14 bits per heavy atom. The number of nitrogens with zero attached hydrogens (tertiary/aromatic N) is 2. The summed E-state index contributed by atoms with van der Waals surface area (Å²) in [6, 6.07) is 1.62. The van der Waals surface area contributed by atoms with E-state index < -0.39 is 11.9 Å². The number of carbonyl (C=O) groups is 2. The van der Waals surface area contributed by atoms with Crippen LogP contribution in [-0.4, -0.2) is 29.1 Å². The van der Waals surface area contributed by atoms with Gasteiger partial charge >= 0.3 is 5.97 Å². The van der Waals surface area contributed by atoms with Gasteiger partial charge in [0.1, 0.15) is 10.7 Å². The van der Waals surface area contributed by atoms with E-state index in [4.69, 9.17) is 11.6 Å². The van der Waals surface area contributed by atoms with Gasteiger partial charge in [0.25, 0.3) is 0 Å². The SMILES string of the molecule is CC.COC(=O)C1CCc2sc3nnc(Cl)cc3c2C1=O. The first-order chi connectivity index (χ1) is 10.1. The summed E-state index contributed by atoms with van der Waals surface area (Å²) in [5.74, 6) is -1.41. The molecule has 0 saturated heterocycles. The second kappa shape index (κ2) is 6.49. The van der Waals surface area contributed by atoms with Gasteiger partial charge in [-0.25, -0.2) is 0 Å². The number of esters is 1. The van der Waals surface area contributed by atoms with E-state index in [1.54, 1.807) is 6.07 Å². The number of methoxy groups -OCH3 is 1. The Labute approximate surface area is 131 Å². The Hall–Kier alpha value is -1.53. The van der Waals surface area contributed by atoms with Gasteiger partial charge in [0.15, 0.2) is 10.9 Å². The fourth-order valence-electron chi connectivity index (χ4n) is 2.32. The molecule has 0 fully saturated rings. The van der Waals surface area contributed by atoms with Crippen molar-refractivity contribution in [2.75, 3.05) is 7.11 Å². The number of ether oxygens (including phenoxy) is 1. The predicted octanol–water partition coefficient (Wildman–Crippen LogP) is 3.29. The normalized spacial score (nSPS) is 17.0. The summed E-state index contributed by atoms with van der Waals surface area (Å²) in [6.07, 6.45) is 1.14. The number of halogens is 1. The van der Waals surface area contributed by atoms with Crippen molar-refractivity contribution in [1.29, 1.82) is 0 Å². The molecule has 0 N–H and O–H groups in total. The van der Waals surface area contributed by atoms with Crippen LogP contribution in [0.2, 0.25) is 5.15 Å². The van der Waals surface area contributed by atoms with E-state index in [2.05, 4.69) is 14.9 Å². The van der Waals surface area contributed by atoms with Crippen LogP contribution >= 0.6 is 22.9 Å². The minimum atomic E-state index is -0.720. The zero-order chi connectivity index (χ0) is 15.6. The minimum absolute atomic E-state index is 0.205.